The number of hydrogen-bond donors (Lipinski definition) is 1. The van der Waals surface area contributed by atoms with Crippen molar-refractivity contribution in [2.24, 2.45) is 0 Å². The Kier molecular flexibility index (Phi) is 6.00. The van der Waals surface area contributed by atoms with Crippen LogP contribution in [0.3, 0.4) is 0 Å². The Labute approximate surface area is 209 Å². The molecule has 5 rings (SSSR count). The number of anilines is 1. The molecule has 2 aromatic carbocycles. The highest BCUT2D eigenvalue weighted by molar-refractivity contribution is 6.35. The number of aromatic nitrogens is 5. The van der Waals surface area contributed by atoms with Crippen molar-refractivity contribution in [3.05, 3.63) is 98.9 Å². The Hall–Kier alpha value is -3.39. The molecule has 0 atom stereocenters. The monoisotopic (exact) mass is 510 g/mol. The number of carbonyl (C=O) groups excluding carboxylic acids is 1. The minimum Gasteiger partial charge on any atom is -0.304 e. The molecular formula is C24H17Cl3N6O. The Morgan fingerprint density at radius 2 is 1.82 bits per heavy atom. The van der Waals surface area contributed by atoms with Crippen molar-refractivity contribution in [3.63, 3.8) is 0 Å². The highest BCUT2D eigenvalue weighted by Crippen LogP contribution is 2.26. The van der Waals surface area contributed by atoms with E-state index in [-0.39, 0.29) is 5.82 Å². The van der Waals surface area contributed by atoms with E-state index in [2.05, 4.69) is 20.5 Å². The van der Waals surface area contributed by atoms with Crippen LogP contribution in [0, 0.1) is 6.92 Å². The van der Waals surface area contributed by atoms with Gasteiger partial charge in [-0.05, 0) is 30.7 Å². The van der Waals surface area contributed by atoms with Crippen LogP contribution >= 0.6 is 34.8 Å². The molecule has 0 aliphatic rings. The van der Waals surface area contributed by atoms with Crippen LogP contribution in [0.25, 0.3) is 16.9 Å². The molecule has 7 nitrogen and oxygen atoms in total. The van der Waals surface area contributed by atoms with Gasteiger partial charge >= 0.3 is 0 Å². The molecule has 1 amide bonds. The average molecular weight is 512 g/mol. The maximum Gasteiger partial charge on any atom is 0.262 e. The summed E-state index contributed by atoms with van der Waals surface area (Å²) in [5.74, 6) is -0.189. The Morgan fingerprint density at radius 3 is 2.59 bits per heavy atom. The van der Waals surface area contributed by atoms with Gasteiger partial charge in [0.1, 0.15) is 10.6 Å². The van der Waals surface area contributed by atoms with E-state index in [0.717, 1.165) is 22.4 Å². The van der Waals surface area contributed by atoms with Gasteiger partial charge in [0, 0.05) is 28.0 Å². The van der Waals surface area contributed by atoms with Gasteiger partial charge in [-0.15, -0.1) is 0 Å². The number of nitrogens with zero attached hydrogens (tertiary/aromatic N) is 5. The van der Waals surface area contributed by atoms with E-state index in [1.54, 1.807) is 33.7 Å². The first-order chi connectivity index (χ1) is 16.4. The van der Waals surface area contributed by atoms with Crippen LogP contribution in [0.2, 0.25) is 15.1 Å². The minimum atomic E-state index is -0.416. The second-order valence-corrected chi connectivity index (χ2v) is 8.95. The number of fused-ring (bicyclic) bond motifs is 1. The third-order valence-electron chi connectivity index (χ3n) is 5.29. The standard InChI is InChI=1S/C24H17Cl3N6O/c1-14-2-4-15(5-3-14)21-8-9-28-23-18(11-29-33(21)23)24(34)30-22-20(27)13-32(31-22)12-16-6-7-17(25)10-19(16)26/h2-11,13H,12H2,1H3,(H,30,31,34). The van der Waals surface area contributed by atoms with Crippen LogP contribution in [0.1, 0.15) is 21.5 Å². The number of hydrogen-bond acceptors (Lipinski definition) is 4. The van der Waals surface area contributed by atoms with Crippen molar-refractivity contribution in [1.82, 2.24) is 24.4 Å². The van der Waals surface area contributed by atoms with E-state index in [0.29, 0.717) is 32.8 Å². The van der Waals surface area contributed by atoms with Crippen LogP contribution in [0.15, 0.2) is 67.1 Å². The van der Waals surface area contributed by atoms with Gasteiger partial charge in [0.05, 0.1) is 18.4 Å². The second kappa shape index (κ2) is 9.10. The second-order valence-electron chi connectivity index (χ2n) is 7.70. The highest BCUT2D eigenvalue weighted by atomic mass is 35.5. The van der Waals surface area contributed by atoms with Gasteiger partial charge in [0.15, 0.2) is 11.5 Å². The molecule has 0 spiro atoms. The number of halogens is 3. The fraction of sp³-hybridized carbons (Fsp3) is 0.0833. The number of aryl methyl sites for hydroxylation is 1. The molecule has 5 aromatic rings. The Bertz CT molecular complexity index is 1520. The van der Waals surface area contributed by atoms with E-state index in [1.165, 1.54) is 6.20 Å². The molecule has 10 heteroatoms. The van der Waals surface area contributed by atoms with Crippen LogP contribution in [-0.2, 0) is 6.54 Å². The summed E-state index contributed by atoms with van der Waals surface area (Å²) in [6, 6.07) is 15.1. The molecular weight excluding hydrogens is 495 g/mol. The summed E-state index contributed by atoms with van der Waals surface area (Å²) in [7, 11) is 0. The molecule has 170 valence electrons. The van der Waals surface area contributed by atoms with Crippen molar-refractivity contribution < 1.29 is 4.79 Å². The number of nitrogens with one attached hydrogen (secondary N) is 1. The van der Waals surface area contributed by atoms with Crippen molar-refractivity contribution in [3.8, 4) is 11.3 Å². The molecule has 0 saturated heterocycles. The number of benzene rings is 2. The molecule has 0 aliphatic heterocycles. The maximum absolute atomic E-state index is 13.0. The van der Waals surface area contributed by atoms with E-state index < -0.39 is 5.91 Å². The minimum absolute atomic E-state index is 0.228. The van der Waals surface area contributed by atoms with E-state index >= 15 is 0 Å². The first-order valence-corrected chi connectivity index (χ1v) is 11.4. The zero-order chi connectivity index (χ0) is 23.8. The fourth-order valence-corrected chi connectivity index (χ4v) is 4.22. The number of rotatable bonds is 5. The molecule has 0 unspecified atom stereocenters. The topological polar surface area (TPSA) is 77.1 Å². The summed E-state index contributed by atoms with van der Waals surface area (Å²) >= 11 is 18.5. The van der Waals surface area contributed by atoms with Gasteiger partial charge in [-0.3, -0.25) is 9.48 Å². The SMILES string of the molecule is Cc1ccc(-c2ccnc3c(C(=O)Nc4nn(Cc5ccc(Cl)cc5Cl)cc4Cl)cnn23)cc1. The van der Waals surface area contributed by atoms with Crippen molar-refractivity contribution in [1.29, 1.82) is 0 Å². The number of amides is 1. The van der Waals surface area contributed by atoms with E-state index in [1.807, 2.05) is 43.3 Å². The average Bonchev–Trinajstić information content (AvgIpc) is 3.39. The van der Waals surface area contributed by atoms with Gasteiger partial charge in [-0.25, -0.2) is 9.50 Å². The van der Waals surface area contributed by atoms with Gasteiger partial charge in [0.25, 0.3) is 5.91 Å². The normalized spacial score (nSPS) is 11.2. The molecule has 0 aliphatic carbocycles. The third-order valence-corrected chi connectivity index (χ3v) is 6.15. The van der Waals surface area contributed by atoms with E-state index in [4.69, 9.17) is 34.8 Å². The van der Waals surface area contributed by atoms with Crippen LogP contribution in [0.4, 0.5) is 5.82 Å². The molecule has 0 fully saturated rings. The lowest BCUT2D eigenvalue weighted by molar-refractivity contribution is 0.102. The smallest absolute Gasteiger partial charge is 0.262 e. The summed E-state index contributed by atoms with van der Waals surface area (Å²) in [6.07, 6.45) is 4.75. The van der Waals surface area contributed by atoms with E-state index in [9.17, 15) is 4.79 Å². The summed E-state index contributed by atoms with van der Waals surface area (Å²) in [5.41, 5.74) is 4.50. The third kappa shape index (κ3) is 4.37. The highest BCUT2D eigenvalue weighted by Gasteiger charge is 2.19. The Balaban J connectivity index is 1.40. The van der Waals surface area contributed by atoms with Gasteiger partial charge < -0.3 is 5.32 Å². The van der Waals surface area contributed by atoms with Crippen molar-refractivity contribution in [2.45, 2.75) is 13.5 Å². The van der Waals surface area contributed by atoms with Crippen LogP contribution < -0.4 is 5.32 Å². The first-order valence-electron chi connectivity index (χ1n) is 10.3. The predicted molar refractivity (Wildman–Crippen MR) is 134 cm³/mol. The van der Waals surface area contributed by atoms with Crippen molar-refractivity contribution >= 4 is 52.2 Å². The zero-order valence-electron chi connectivity index (χ0n) is 17.8. The fourth-order valence-electron chi connectivity index (χ4n) is 3.56. The van der Waals surface area contributed by atoms with Crippen LogP contribution in [-0.4, -0.2) is 30.3 Å². The molecule has 0 bridgehead atoms. The van der Waals surface area contributed by atoms with Gasteiger partial charge in [0.2, 0.25) is 0 Å². The quantitative estimate of drug-likeness (QED) is 0.306. The molecule has 0 saturated carbocycles. The summed E-state index contributed by atoms with van der Waals surface area (Å²) in [6.45, 7) is 2.39. The largest absolute Gasteiger partial charge is 0.304 e. The summed E-state index contributed by atoms with van der Waals surface area (Å²) in [4.78, 5) is 17.4. The molecule has 0 radical (unpaired) electrons. The predicted octanol–water partition coefficient (Wildman–Crippen LogP) is 6.16. The lowest BCUT2D eigenvalue weighted by atomic mass is 10.1. The maximum atomic E-state index is 13.0. The Morgan fingerprint density at radius 1 is 1.03 bits per heavy atom. The van der Waals surface area contributed by atoms with Gasteiger partial charge in [-0.2, -0.15) is 10.2 Å². The molecule has 1 N–H and O–H groups in total. The first kappa shape index (κ1) is 22.4. The van der Waals surface area contributed by atoms with Crippen LogP contribution in [0.5, 0.6) is 0 Å². The van der Waals surface area contributed by atoms with Crippen molar-refractivity contribution in [2.75, 3.05) is 5.32 Å². The molecule has 3 heterocycles. The lowest BCUT2D eigenvalue weighted by Crippen LogP contribution is -2.13. The summed E-state index contributed by atoms with van der Waals surface area (Å²) < 4.78 is 3.24. The molecule has 34 heavy (non-hydrogen) atoms. The number of carbonyl (C=O) groups is 1. The molecule has 3 aromatic heterocycles. The van der Waals surface area contributed by atoms with Gasteiger partial charge in [-0.1, -0.05) is 70.7 Å². The zero-order valence-corrected chi connectivity index (χ0v) is 20.1. The lowest BCUT2D eigenvalue weighted by Gasteiger charge is -2.06. The summed E-state index contributed by atoms with van der Waals surface area (Å²) in [5, 5.41) is 12.9.